The quantitative estimate of drug-likeness (QED) is 0.708. The smallest absolute Gasteiger partial charge is 0.129 e. The van der Waals surface area contributed by atoms with Gasteiger partial charge in [0.15, 0.2) is 0 Å². The zero-order valence-electron chi connectivity index (χ0n) is 7.66. The number of thioether (sulfide) groups is 1. The average Bonchev–Trinajstić information content (AvgIpc) is 2.03. The molecule has 12 heavy (non-hydrogen) atoms. The molecule has 66 valence electrons. The van der Waals surface area contributed by atoms with Crippen molar-refractivity contribution >= 4 is 11.8 Å². The molecule has 1 rings (SSSR count). The van der Waals surface area contributed by atoms with E-state index in [0.29, 0.717) is 11.7 Å². The number of hydrogen-bond donors (Lipinski definition) is 1. The summed E-state index contributed by atoms with van der Waals surface area (Å²) in [7, 11) is 0. The van der Waals surface area contributed by atoms with Crippen LogP contribution in [0.15, 0.2) is 23.1 Å². The molecule has 0 atom stereocenters. The van der Waals surface area contributed by atoms with E-state index in [9.17, 15) is 5.11 Å². The van der Waals surface area contributed by atoms with Crippen molar-refractivity contribution < 1.29 is 5.11 Å². The van der Waals surface area contributed by atoms with Crippen molar-refractivity contribution in [3.63, 3.8) is 0 Å². The standard InChI is InChI=1S/C10H14OS/c1-7(2)8-5-4-6-9(11)10(8)12-3/h4-7,11H,1-3H3. The van der Waals surface area contributed by atoms with Crippen LogP contribution in [-0.2, 0) is 0 Å². The Morgan fingerprint density at radius 3 is 2.42 bits per heavy atom. The number of aromatic hydroxyl groups is 1. The minimum Gasteiger partial charge on any atom is -0.507 e. The third kappa shape index (κ3) is 1.75. The number of phenols is 1. The van der Waals surface area contributed by atoms with Crippen LogP contribution in [0.4, 0.5) is 0 Å². The maximum atomic E-state index is 9.52. The van der Waals surface area contributed by atoms with E-state index < -0.39 is 0 Å². The second-order valence-corrected chi connectivity index (χ2v) is 3.87. The molecular weight excluding hydrogens is 168 g/mol. The van der Waals surface area contributed by atoms with E-state index in [0.717, 1.165) is 4.90 Å². The first-order chi connectivity index (χ1) is 5.66. The molecule has 0 spiro atoms. The summed E-state index contributed by atoms with van der Waals surface area (Å²) in [6.45, 7) is 4.27. The van der Waals surface area contributed by atoms with Gasteiger partial charge in [-0.3, -0.25) is 0 Å². The number of benzene rings is 1. The van der Waals surface area contributed by atoms with E-state index in [1.807, 2.05) is 12.3 Å². The lowest BCUT2D eigenvalue weighted by Gasteiger charge is -2.11. The zero-order valence-corrected chi connectivity index (χ0v) is 8.48. The lowest BCUT2D eigenvalue weighted by Crippen LogP contribution is -1.90. The van der Waals surface area contributed by atoms with Gasteiger partial charge in [0.25, 0.3) is 0 Å². The zero-order chi connectivity index (χ0) is 9.14. The fourth-order valence-electron chi connectivity index (χ4n) is 1.22. The Balaban J connectivity index is 3.18. The van der Waals surface area contributed by atoms with Crippen molar-refractivity contribution in [3.05, 3.63) is 23.8 Å². The number of phenolic OH excluding ortho intramolecular Hbond substituents is 1. The Kier molecular flexibility index (Phi) is 3.04. The predicted octanol–water partition coefficient (Wildman–Crippen LogP) is 3.24. The Hall–Kier alpha value is -0.630. The summed E-state index contributed by atoms with van der Waals surface area (Å²) in [4.78, 5) is 1.01. The molecule has 0 amide bonds. The summed E-state index contributed by atoms with van der Waals surface area (Å²) in [6.07, 6.45) is 1.99. The first-order valence-electron chi connectivity index (χ1n) is 4.02. The van der Waals surface area contributed by atoms with Crippen molar-refractivity contribution in [2.45, 2.75) is 24.7 Å². The highest BCUT2D eigenvalue weighted by atomic mass is 32.2. The van der Waals surface area contributed by atoms with E-state index in [1.54, 1.807) is 17.8 Å². The first kappa shape index (κ1) is 9.46. The van der Waals surface area contributed by atoms with Crippen LogP contribution in [-0.4, -0.2) is 11.4 Å². The largest absolute Gasteiger partial charge is 0.507 e. The predicted molar refractivity (Wildman–Crippen MR) is 54.0 cm³/mol. The van der Waals surface area contributed by atoms with Gasteiger partial charge in [-0.05, 0) is 23.8 Å². The second kappa shape index (κ2) is 3.85. The normalized spacial score (nSPS) is 10.7. The monoisotopic (exact) mass is 182 g/mol. The minimum atomic E-state index is 0.397. The molecule has 0 aromatic heterocycles. The molecule has 0 unspecified atom stereocenters. The molecule has 0 aliphatic heterocycles. The molecule has 0 saturated carbocycles. The van der Waals surface area contributed by atoms with Gasteiger partial charge in [-0.2, -0.15) is 0 Å². The van der Waals surface area contributed by atoms with Gasteiger partial charge in [0, 0.05) is 0 Å². The van der Waals surface area contributed by atoms with E-state index in [4.69, 9.17) is 0 Å². The lowest BCUT2D eigenvalue weighted by atomic mass is 10.0. The van der Waals surface area contributed by atoms with Crippen LogP contribution in [0.1, 0.15) is 25.3 Å². The lowest BCUT2D eigenvalue weighted by molar-refractivity contribution is 0.460. The summed E-state index contributed by atoms with van der Waals surface area (Å²) in [5.41, 5.74) is 1.22. The van der Waals surface area contributed by atoms with Crippen LogP contribution < -0.4 is 0 Å². The molecular formula is C10H14OS. The van der Waals surface area contributed by atoms with Gasteiger partial charge in [0.2, 0.25) is 0 Å². The van der Waals surface area contributed by atoms with Crippen LogP contribution in [0.3, 0.4) is 0 Å². The van der Waals surface area contributed by atoms with Crippen molar-refractivity contribution in [3.8, 4) is 5.75 Å². The Morgan fingerprint density at radius 1 is 1.33 bits per heavy atom. The molecule has 1 N–H and O–H groups in total. The first-order valence-corrected chi connectivity index (χ1v) is 5.25. The third-order valence-electron chi connectivity index (χ3n) is 1.85. The minimum absolute atomic E-state index is 0.397. The summed E-state index contributed by atoms with van der Waals surface area (Å²) in [5, 5.41) is 9.52. The van der Waals surface area contributed by atoms with Gasteiger partial charge in [-0.25, -0.2) is 0 Å². The number of rotatable bonds is 2. The number of hydrogen-bond acceptors (Lipinski definition) is 2. The average molecular weight is 182 g/mol. The molecule has 1 aromatic rings. The van der Waals surface area contributed by atoms with E-state index in [1.165, 1.54) is 5.56 Å². The molecule has 0 aliphatic rings. The van der Waals surface area contributed by atoms with E-state index in [2.05, 4.69) is 19.9 Å². The molecule has 0 saturated heterocycles. The van der Waals surface area contributed by atoms with Gasteiger partial charge in [-0.1, -0.05) is 26.0 Å². The Morgan fingerprint density at radius 2 is 2.00 bits per heavy atom. The van der Waals surface area contributed by atoms with Crippen molar-refractivity contribution in [1.29, 1.82) is 0 Å². The van der Waals surface area contributed by atoms with Crippen molar-refractivity contribution in [1.82, 2.24) is 0 Å². The SMILES string of the molecule is CSc1c(O)cccc1C(C)C. The molecule has 0 fully saturated rings. The van der Waals surface area contributed by atoms with Crippen molar-refractivity contribution in [2.75, 3.05) is 6.26 Å². The van der Waals surface area contributed by atoms with Gasteiger partial charge in [-0.15, -0.1) is 11.8 Å². The Labute approximate surface area is 77.8 Å². The highest BCUT2D eigenvalue weighted by molar-refractivity contribution is 7.98. The third-order valence-corrected chi connectivity index (χ3v) is 2.70. The molecule has 0 bridgehead atoms. The molecule has 2 heteroatoms. The molecule has 0 heterocycles. The highest BCUT2D eigenvalue weighted by Gasteiger charge is 2.08. The van der Waals surface area contributed by atoms with Crippen LogP contribution in [0.2, 0.25) is 0 Å². The van der Waals surface area contributed by atoms with E-state index in [-0.39, 0.29) is 0 Å². The fourth-order valence-corrected chi connectivity index (χ4v) is 2.04. The van der Waals surface area contributed by atoms with Crippen LogP contribution in [0.5, 0.6) is 5.75 Å². The fraction of sp³-hybridized carbons (Fsp3) is 0.400. The van der Waals surface area contributed by atoms with Gasteiger partial charge in [0.05, 0.1) is 4.90 Å². The van der Waals surface area contributed by atoms with E-state index >= 15 is 0 Å². The Bertz CT molecular complexity index is 269. The second-order valence-electron chi connectivity index (χ2n) is 3.05. The van der Waals surface area contributed by atoms with Crippen LogP contribution >= 0.6 is 11.8 Å². The van der Waals surface area contributed by atoms with Crippen molar-refractivity contribution in [2.24, 2.45) is 0 Å². The van der Waals surface area contributed by atoms with Crippen LogP contribution in [0.25, 0.3) is 0 Å². The molecule has 0 aliphatic carbocycles. The summed E-state index contributed by atoms with van der Waals surface area (Å²) >= 11 is 1.60. The molecule has 1 nitrogen and oxygen atoms in total. The summed E-state index contributed by atoms with van der Waals surface area (Å²) < 4.78 is 0. The van der Waals surface area contributed by atoms with Crippen LogP contribution in [0, 0.1) is 0 Å². The summed E-state index contributed by atoms with van der Waals surface area (Å²) in [6, 6.07) is 5.69. The molecule has 1 aromatic carbocycles. The topological polar surface area (TPSA) is 20.2 Å². The highest BCUT2D eigenvalue weighted by Crippen LogP contribution is 2.33. The molecule has 0 radical (unpaired) electrons. The maximum absolute atomic E-state index is 9.52. The van der Waals surface area contributed by atoms with Gasteiger partial charge >= 0.3 is 0 Å². The van der Waals surface area contributed by atoms with Gasteiger partial charge in [0.1, 0.15) is 5.75 Å². The maximum Gasteiger partial charge on any atom is 0.129 e. The van der Waals surface area contributed by atoms with Gasteiger partial charge < -0.3 is 5.11 Å². The summed E-state index contributed by atoms with van der Waals surface area (Å²) in [5.74, 6) is 0.869.